The van der Waals surface area contributed by atoms with Gasteiger partial charge in [-0.05, 0) is 76.9 Å². The molecule has 0 aliphatic heterocycles. The van der Waals surface area contributed by atoms with Crippen LogP contribution in [0.15, 0.2) is 36.4 Å². The summed E-state index contributed by atoms with van der Waals surface area (Å²) in [4.78, 5) is 36.0. The van der Waals surface area contributed by atoms with Crippen LogP contribution >= 0.6 is 0 Å². The second kappa shape index (κ2) is 9.30. The number of nitrogens with one attached hydrogen (secondary N) is 4. The van der Waals surface area contributed by atoms with Gasteiger partial charge in [0.05, 0.1) is 5.69 Å². The van der Waals surface area contributed by atoms with Gasteiger partial charge in [0.15, 0.2) is 0 Å². The first kappa shape index (κ1) is 22.7. The molecule has 0 fully saturated rings. The van der Waals surface area contributed by atoms with Gasteiger partial charge >= 0.3 is 17.9 Å². The van der Waals surface area contributed by atoms with Crippen molar-refractivity contribution in [1.29, 1.82) is 0 Å². The molecular formula is C22H28N4O4. The van der Waals surface area contributed by atoms with E-state index < -0.39 is 23.5 Å². The van der Waals surface area contributed by atoms with E-state index in [2.05, 4.69) is 21.5 Å². The van der Waals surface area contributed by atoms with Crippen molar-refractivity contribution in [3.05, 3.63) is 53.1 Å². The number of amides is 3. The zero-order chi connectivity index (χ0) is 22.5. The highest BCUT2D eigenvalue weighted by Crippen LogP contribution is 2.21. The summed E-state index contributed by atoms with van der Waals surface area (Å²) < 4.78 is 5.17. The number of rotatable bonds is 4. The number of carbonyl (C=O) groups excluding carboxylic acids is 3. The first-order valence-corrected chi connectivity index (χ1v) is 9.50. The van der Waals surface area contributed by atoms with Crippen LogP contribution in [0.3, 0.4) is 0 Å². The highest BCUT2D eigenvalue weighted by molar-refractivity contribution is 6.39. The summed E-state index contributed by atoms with van der Waals surface area (Å²) >= 11 is 0. The number of ether oxygens (including phenoxy) is 1. The van der Waals surface area contributed by atoms with Crippen LogP contribution in [-0.2, 0) is 14.3 Å². The Balaban J connectivity index is 1.90. The average Bonchev–Trinajstić information content (AvgIpc) is 2.60. The average molecular weight is 412 g/mol. The molecule has 0 aliphatic carbocycles. The second-order valence-corrected chi connectivity index (χ2v) is 8.01. The van der Waals surface area contributed by atoms with Crippen LogP contribution in [0.2, 0.25) is 0 Å². The lowest BCUT2D eigenvalue weighted by Crippen LogP contribution is -2.39. The van der Waals surface area contributed by atoms with Gasteiger partial charge in [-0.2, -0.15) is 0 Å². The number of aryl methyl sites for hydroxylation is 3. The largest absolute Gasteiger partial charge is 0.444 e. The van der Waals surface area contributed by atoms with Crippen LogP contribution in [0.1, 0.15) is 37.5 Å². The van der Waals surface area contributed by atoms with Crippen LogP contribution in [0, 0.1) is 20.8 Å². The summed E-state index contributed by atoms with van der Waals surface area (Å²) in [5, 5.41) is 5.09. The Bertz CT molecular complexity index is 924. The van der Waals surface area contributed by atoms with Crippen molar-refractivity contribution in [3.8, 4) is 0 Å². The number of hydrogen-bond acceptors (Lipinski definition) is 5. The molecule has 0 atom stereocenters. The van der Waals surface area contributed by atoms with Crippen molar-refractivity contribution in [2.45, 2.75) is 47.1 Å². The number of anilines is 3. The molecule has 4 N–H and O–H groups in total. The fourth-order valence-corrected chi connectivity index (χ4v) is 2.80. The Kier molecular flexibility index (Phi) is 7.05. The summed E-state index contributed by atoms with van der Waals surface area (Å²) in [6, 6.07) is 10.3. The molecule has 2 aromatic rings. The van der Waals surface area contributed by atoms with Gasteiger partial charge in [-0.3, -0.25) is 25.8 Å². The normalized spacial score (nSPS) is 10.7. The predicted molar refractivity (Wildman–Crippen MR) is 117 cm³/mol. The van der Waals surface area contributed by atoms with E-state index in [4.69, 9.17) is 4.74 Å². The topological polar surface area (TPSA) is 109 Å². The second-order valence-electron chi connectivity index (χ2n) is 8.01. The minimum absolute atomic E-state index is 0.410. The quantitative estimate of drug-likeness (QED) is 0.448. The maximum absolute atomic E-state index is 12.1. The summed E-state index contributed by atoms with van der Waals surface area (Å²) in [6.07, 6.45) is -0.577. The number of benzene rings is 2. The Hall–Kier alpha value is -3.55. The third kappa shape index (κ3) is 6.80. The zero-order valence-corrected chi connectivity index (χ0v) is 18.1. The Labute approximate surface area is 176 Å². The van der Waals surface area contributed by atoms with Crippen LogP contribution in [0.25, 0.3) is 0 Å². The van der Waals surface area contributed by atoms with Gasteiger partial charge in [-0.1, -0.05) is 17.7 Å². The minimum atomic E-state index is -0.828. The van der Waals surface area contributed by atoms with E-state index in [1.54, 1.807) is 45.0 Å². The molecule has 0 radical (unpaired) electrons. The van der Waals surface area contributed by atoms with Crippen molar-refractivity contribution in [3.63, 3.8) is 0 Å². The maximum Gasteiger partial charge on any atom is 0.412 e. The molecule has 0 aliphatic rings. The molecular weight excluding hydrogens is 384 g/mol. The van der Waals surface area contributed by atoms with Gasteiger partial charge < -0.3 is 10.1 Å². The zero-order valence-electron chi connectivity index (χ0n) is 18.1. The first-order valence-electron chi connectivity index (χ1n) is 9.50. The fourth-order valence-electron chi connectivity index (χ4n) is 2.80. The lowest BCUT2D eigenvalue weighted by molar-refractivity contribution is -0.135. The molecule has 2 rings (SSSR count). The molecule has 8 nitrogen and oxygen atoms in total. The molecule has 0 heterocycles. The van der Waals surface area contributed by atoms with E-state index in [9.17, 15) is 14.4 Å². The van der Waals surface area contributed by atoms with Gasteiger partial charge in [-0.15, -0.1) is 0 Å². The molecule has 2 aromatic carbocycles. The molecule has 0 saturated carbocycles. The smallest absolute Gasteiger partial charge is 0.412 e. The summed E-state index contributed by atoms with van der Waals surface area (Å²) in [7, 11) is 0. The number of hydrogen-bond donors (Lipinski definition) is 4. The van der Waals surface area contributed by atoms with Crippen LogP contribution < -0.4 is 21.5 Å². The summed E-state index contributed by atoms with van der Waals surface area (Å²) in [5.74, 6) is -1.65. The number of carbonyl (C=O) groups is 3. The Morgan fingerprint density at radius 1 is 0.800 bits per heavy atom. The van der Waals surface area contributed by atoms with E-state index in [0.29, 0.717) is 11.4 Å². The number of hydrazine groups is 1. The molecule has 0 bridgehead atoms. The molecule has 160 valence electrons. The van der Waals surface area contributed by atoms with Gasteiger partial charge in [0, 0.05) is 11.4 Å². The van der Waals surface area contributed by atoms with E-state index in [-0.39, 0.29) is 0 Å². The molecule has 8 heteroatoms. The van der Waals surface area contributed by atoms with Gasteiger partial charge in [0.2, 0.25) is 0 Å². The van der Waals surface area contributed by atoms with Crippen LogP contribution in [-0.4, -0.2) is 23.5 Å². The third-order valence-electron chi connectivity index (χ3n) is 3.97. The van der Waals surface area contributed by atoms with E-state index >= 15 is 0 Å². The van der Waals surface area contributed by atoms with Crippen molar-refractivity contribution in [1.82, 2.24) is 5.43 Å². The van der Waals surface area contributed by atoms with E-state index in [0.717, 1.165) is 22.4 Å². The van der Waals surface area contributed by atoms with E-state index in [1.165, 1.54) is 0 Å². The summed E-state index contributed by atoms with van der Waals surface area (Å²) in [5.41, 5.74) is 9.30. The fraction of sp³-hybridized carbons (Fsp3) is 0.318. The monoisotopic (exact) mass is 412 g/mol. The summed E-state index contributed by atoms with van der Waals surface area (Å²) in [6.45, 7) is 11.1. The van der Waals surface area contributed by atoms with Gasteiger partial charge in [0.1, 0.15) is 5.60 Å². The van der Waals surface area contributed by atoms with Gasteiger partial charge in [0.25, 0.3) is 0 Å². The van der Waals surface area contributed by atoms with Crippen molar-refractivity contribution < 1.29 is 19.1 Å². The van der Waals surface area contributed by atoms with Crippen molar-refractivity contribution in [2.75, 3.05) is 16.1 Å². The molecule has 0 spiro atoms. The molecule has 0 aromatic heterocycles. The third-order valence-corrected chi connectivity index (χ3v) is 3.97. The molecule has 0 unspecified atom stereocenters. The standard InChI is InChI=1S/C22H28N4O4/c1-13-11-14(2)18(15(3)12-13)25-26-20(28)19(27)23-16-7-9-17(10-8-16)24-21(29)30-22(4,5)6/h7-12,25H,1-6H3,(H,23,27)(H,24,29)(H,26,28). The molecule has 0 saturated heterocycles. The minimum Gasteiger partial charge on any atom is -0.444 e. The molecule has 3 amide bonds. The van der Waals surface area contributed by atoms with E-state index in [1.807, 2.05) is 32.9 Å². The van der Waals surface area contributed by atoms with Crippen molar-refractivity contribution >= 4 is 35.0 Å². The Morgan fingerprint density at radius 3 is 1.80 bits per heavy atom. The van der Waals surface area contributed by atoms with Crippen LogP contribution in [0.5, 0.6) is 0 Å². The SMILES string of the molecule is Cc1cc(C)c(NNC(=O)C(=O)Nc2ccc(NC(=O)OC(C)(C)C)cc2)c(C)c1. The predicted octanol–water partition coefficient (Wildman–Crippen LogP) is 4.04. The first-order chi connectivity index (χ1) is 13.9. The van der Waals surface area contributed by atoms with Gasteiger partial charge in [-0.25, -0.2) is 4.79 Å². The molecule has 30 heavy (non-hydrogen) atoms. The lowest BCUT2D eigenvalue weighted by Gasteiger charge is -2.19. The highest BCUT2D eigenvalue weighted by Gasteiger charge is 2.17. The highest BCUT2D eigenvalue weighted by atomic mass is 16.6. The maximum atomic E-state index is 12.1. The van der Waals surface area contributed by atoms with Crippen molar-refractivity contribution in [2.24, 2.45) is 0 Å². The Morgan fingerprint density at radius 2 is 1.30 bits per heavy atom. The van der Waals surface area contributed by atoms with Crippen LogP contribution in [0.4, 0.5) is 21.9 Å². The lowest BCUT2D eigenvalue weighted by atomic mass is 10.1.